The minimum atomic E-state index is -1.73. The van der Waals surface area contributed by atoms with E-state index in [1.807, 2.05) is 31.2 Å². The van der Waals surface area contributed by atoms with E-state index in [-0.39, 0.29) is 5.91 Å². The second kappa shape index (κ2) is 7.63. The summed E-state index contributed by atoms with van der Waals surface area (Å²) in [6.07, 6.45) is -0.905. The Hall–Kier alpha value is -1.13. The van der Waals surface area contributed by atoms with Gasteiger partial charge < -0.3 is 10.6 Å². The molecule has 0 aromatic heterocycles. The summed E-state index contributed by atoms with van der Waals surface area (Å²) in [5.74, 6) is -0.377. The van der Waals surface area contributed by atoms with E-state index in [0.29, 0.717) is 10.6 Å². The molecule has 23 heavy (non-hydrogen) atoms. The molecule has 0 saturated heterocycles. The fraction of sp³-hybridized carbons (Fsp3) is 0.188. The molecular weight excluding hydrogens is 378 g/mol. The molecule has 7 heteroatoms. The van der Waals surface area contributed by atoms with Crippen molar-refractivity contribution in [2.24, 2.45) is 0 Å². The van der Waals surface area contributed by atoms with Crippen molar-refractivity contribution in [3.05, 3.63) is 64.7 Å². The second-order valence-electron chi connectivity index (χ2n) is 4.97. The number of anilines is 1. The van der Waals surface area contributed by atoms with Crippen molar-refractivity contribution < 1.29 is 4.79 Å². The van der Waals surface area contributed by atoms with Crippen molar-refractivity contribution in [3.63, 3.8) is 0 Å². The van der Waals surface area contributed by atoms with Crippen LogP contribution in [0.3, 0.4) is 0 Å². The SMILES string of the molecule is Cc1cccc(NC(NC(=O)c2ccc(Cl)cc2)C(Cl)(Cl)Cl)c1. The average Bonchev–Trinajstić information content (AvgIpc) is 2.46. The molecule has 0 spiro atoms. The standard InChI is InChI=1S/C16H14Cl4N2O/c1-10-3-2-4-13(9-10)21-15(16(18,19)20)22-14(23)11-5-7-12(17)8-6-11/h2-9,15,21H,1H3,(H,22,23). The van der Waals surface area contributed by atoms with Crippen molar-refractivity contribution in [1.82, 2.24) is 5.32 Å². The van der Waals surface area contributed by atoms with Crippen LogP contribution >= 0.6 is 46.4 Å². The normalized spacial score (nSPS) is 12.6. The summed E-state index contributed by atoms with van der Waals surface area (Å²) in [4.78, 5) is 12.3. The summed E-state index contributed by atoms with van der Waals surface area (Å²) >= 11 is 23.7. The Balaban J connectivity index is 2.16. The van der Waals surface area contributed by atoms with E-state index in [2.05, 4.69) is 10.6 Å². The number of amides is 1. The molecule has 2 aromatic carbocycles. The Morgan fingerprint density at radius 2 is 1.74 bits per heavy atom. The van der Waals surface area contributed by atoms with Gasteiger partial charge in [0.1, 0.15) is 6.17 Å². The number of halogens is 4. The molecule has 2 rings (SSSR count). The highest BCUT2D eigenvalue weighted by Gasteiger charge is 2.34. The summed E-state index contributed by atoms with van der Waals surface area (Å²) in [5, 5.41) is 6.23. The van der Waals surface area contributed by atoms with Crippen LogP contribution in [0.2, 0.25) is 5.02 Å². The number of aryl methyl sites for hydroxylation is 1. The van der Waals surface area contributed by atoms with Gasteiger partial charge in [-0.3, -0.25) is 4.79 Å². The molecule has 1 atom stereocenters. The van der Waals surface area contributed by atoms with E-state index in [1.54, 1.807) is 24.3 Å². The predicted molar refractivity (Wildman–Crippen MR) is 97.8 cm³/mol. The van der Waals surface area contributed by atoms with Crippen LogP contribution in [0, 0.1) is 6.92 Å². The number of carbonyl (C=O) groups is 1. The summed E-state index contributed by atoms with van der Waals surface area (Å²) in [7, 11) is 0. The third-order valence-corrected chi connectivity index (χ3v) is 3.94. The smallest absolute Gasteiger partial charge is 0.252 e. The van der Waals surface area contributed by atoms with Crippen molar-refractivity contribution in [3.8, 4) is 0 Å². The van der Waals surface area contributed by atoms with Crippen LogP contribution in [0.15, 0.2) is 48.5 Å². The van der Waals surface area contributed by atoms with Crippen molar-refractivity contribution in [1.29, 1.82) is 0 Å². The Morgan fingerprint density at radius 3 is 2.30 bits per heavy atom. The molecule has 2 aromatic rings. The van der Waals surface area contributed by atoms with Gasteiger partial charge in [0.15, 0.2) is 0 Å². The summed E-state index contributed by atoms with van der Waals surface area (Å²) < 4.78 is -1.73. The van der Waals surface area contributed by atoms with Gasteiger partial charge in [0.25, 0.3) is 5.91 Å². The number of rotatable bonds is 4. The van der Waals surface area contributed by atoms with Gasteiger partial charge in [-0.05, 0) is 48.9 Å². The summed E-state index contributed by atoms with van der Waals surface area (Å²) in [6.45, 7) is 1.95. The van der Waals surface area contributed by atoms with E-state index in [4.69, 9.17) is 46.4 Å². The highest BCUT2D eigenvalue weighted by atomic mass is 35.6. The lowest BCUT2D eigenvalue weighted by atomic mass is 10.2. The first-order valence-electron chi connectivity index (χ1n) is 6.72. The highest BCUT2D eigenvalue weighted by Crippen LogP contribution is 2.31. The van der Waals surface area contributed by atoms with Crippen LogP contribution in [0.5, 0.6) is 0 Å². The predicted octanol–water partition coefficient (Wildman–Crippen LogP) is 5.19. The molecule has 1 amide bonds. The number of hydrogen-bond donors (Lipinski definition) is 2. The lowest BCUT2D eigenvalue weighted by Gasteiger charge is -2.27. The Labute approximate surface area is 154 Å². The van der Waals surface area contributed by atoms with E-state index >= 15 is 0 Å². The molecule has 0 aliphatic rings. The maximum atomic E-state index is 12.3. The zero-order chi connectivity index (χ0) is 17.0. The first-order valence-corrected chi connectivity index (χ1v) is 8.23. The third-order valence-electron chi connectivity index (χ3n) is 3.04. The number of nitrogens with one attached hydrogen (secondary N) is 2. The molecule has 0 saturated carbocycles. The average molecular weight is 392 g/mol. The minimum absolute atomic E-state index is 0.377. The molecule has 1 unspecified atom stereocenters. The maximum Gasteiger partial charge on any atom is 0.252 e. The molecule has 0 aliphatic carbocycles. The molecule has 0 fully saturated rings. The molecule has 0 bridgehead atoms. The quantitative estimate of drug-likeness (QED) is 0.556. The van der Waals surface area contributed by atoms with Gasteiger partial charge in [-0.1, -0.05) is 58.5 Å². The summed E-state index contributed by atoms with van der Waals surface area (Å²) in [5.41, 5.74) is 2.19. The topological polar surface area (TPSA) is 41.1 Å². The van der Waals surface area contributed by atoms with Crippen LogP contribution < -0.4 is 10.6 Å². The second-order valence-corrected chi connectivity index (χ2v) is 7.77. The van der Waals surface area contributed by atoms with Gasteiger partial charge in [0.05, 0.1) is 0 Å². The number of carbonyl (C=O) groups excluding carboxylic acids is 1. The fourth-order valence-electron chi connectivity index (χ4n) is 1.92. The monoisotopic (exact) mass is 390 g/mol. The van der Waals surface area contributed by atoms with E-state index in [0.717, 1.165) is 11.3 Å². The molecule has 0 heterocycles. The van der Waals surface area contributed by atoms with Crippen LogP contribution in [0.4, 0.5) is 5.69 Å². The van der Waals surface area contributed by atoms with E-state index in [1.165, 1.54) is 0 Å². The fourth-order valence-corrected chi connectivity index (χ4v) is 2.37. The van der Waals surface area contributed by atoms with Crippen LogP contribution in [-0.2, 0) is 0 Å². The lowest BCUT2D eigenvalue weighted by Crippen LogP contribution is -2.49. The maximum absolute atomic E-state index is 12.3. The first kappa shape index (κ1) is 18.2. The van der Waals surface area contributed by atoms with E-state index < -0.39 is 9.96 Å². The van der Waals surface area contributed by atoms with Crippen LogP contribution in [0.1, 0.15) is 15.9 Å². The largest absolute Gasteiger partial charge is 0.362 e. The molecule has 3 nitrogen and oxygen atoms in total. The number of benzene rings is 2. The molecular formula is C16H14Cl4N2O. The van der Waals surface area contributed by atoms with Gasteiger partial charge in [0.2, 0.25) is 3.79 Å². The van der Waals surface area contributed by atoms with E-state index in [9.17, 15) is 4.79 Å². The van der Waals surface area contributed by atoms with Crippen LogP contribution in [-0.4, -0.2) is 15.9 Å². The van der Waals surface area contributed by atoms with Crippen LogP contribution in [0.25, 0.3) is 0 Å². The summed E-state index contributed by atoms with van der Waals surface area (Å²) in [6, 6.07) is 14.0. The van der Waals surface area contributed by atoms with Gasteiger partial charge in [-0.15, -0.1) is 0 Å². The highest BCUT2D eigenvalue weighted by molar-refractivity contribution is 6.68. The molecule has 0 radical (unpaired) electrons. The number of alkyl halides is 3. The van der Waals surface area contributed by atoms with Crippen molar-refractivity contribution >= 4 is 58.0 Å². The van der Waals surface area contributed by atoms with Crippen molar-refractivity contribution in [2.45, 2.75) is 16.9 Å². The number of hydrogen-bond acceptors (Lipinski definition) is 2. The Bertz CT molecular complexity index is 683. The Kier molecular flexibility index (Phi) is 6.04. The molecule has 122 valence electrons. The molecule has 0 aliphatic heterocycles. The lowest BCUT2D eigenvalue weighted by molar-refractivity contribution is 0.0942. The zero-order valence-corrected chi connectivity index (χ0v) is 15.1. The van der Waals surface area contributed by atoms with Crippen molar-refractivity contribution in [2.75, 3.05) is 5.32 Å². The minimum Gasteiger partial charge on any atom is -0.362 e. The van der Waals surface area contributed by atoms with Gasteiger partial charge >= 0.3 is 0 Å². The van der Waals surface area contributed by atoms with Gasteiger partial charge in [0, 0.05) is 16.3 Å². The van der Waals surface area contributed by atoms with Gasteiger partial charge in [-0.2, -0.15) is 0 Å². The Morgan fingerprint density at radius 1 is 1.09 bits per heavy atom. The first-order chi connectivity index (χ1) is 10.8. The third kappa shape index (κ3) is 5.47. The molecule has 2 N–H and O–H groups in total. The van der Waals surface area contributed by atoms with Gasteiger partial charge in [-0.25, -0.2) is 0 Å². The zero-order valence-electron chi connectivity index (χ0n) is 12.1.